The molecule has 3 rings (SSSR count). The van der Waals surface area contributed by atoms with E-state index < -0.39 is 15.8 Å². The molecule has 1 saturated heterocycles. The Morgan fingerprint density at radius 2 is 1.84 bits per heavy atom. The van der Waals surface area contributed by atoms with Crippen molar-refractivity contribution in [2.24, 2.45) is 0 Å². The summed E-state index contributed by atoms with van der Waals surface area (Å²) in [5.41, 5.74) is 0.930. The summed E-state index contributed by atoms with van der Waals surface area (Å²) in [5.74, 6) is 0.157. The maximum Gasteiger partial charge on any atom is 0.243 e. The molecule has 0 aliphatic carbocycles. The Morgan fingerprint density at radius 1 is 1.12 bits per heavy atom. The van der Waals surface area contributed by atoms with E-state index >= 15 is 0 Å². The van der Waals surface area contributed by atoms with Gasteiger partial charge >= 0.3 is 0 Å². The molecule has 1 aromatic carbocycles. The van der Waals surface area contributed by atoms with Crippen molar-refractivity contribution in [1.82, 2.24) is 14.5 Å². The van der Waals surface area contributed by atoms with Gasteiger partial charge in [-0.25, -0.2) is 12.8 Å². The van der Waals surface area contributed by atoms with E-state index in [1.165, 1.54) is 22.5 Å². The Labute approximate surface area is 146 Å². The van der Waals surface area contributed by atoms with E-state index in [0.29, 0.717) is 32.0 Å². The van der Waals surface area contributed by atoms with Crippen LogP contribution in [-0.4, -0.2) is 63.2 Å². The summed E-state index contributed by atoms with van der Waals surface area (Å²) in [6.07, 6.45) is 1.67. The van der Waals surface area contributed by atoms with E-state index in [-0.39, 0.29) is 4.90 Å². The van der Waals surface area contributed by atoms with Crippen LogP contribution >= 0.6 is 0 Å². The average molecular weight is 365 g/mol. The first kappa shape index (κ1) is 17.6. The maximum atomic E-state index is 13.3. The second kappa shape index (κ2) is 6.93. The monoisotopic (exact) mass is 365 g/mol. The normalized spacial score (nSPS) is 16.0. The molecule has 0 radical (unpaired) electrons. The van der Waals surface area contributed by atoms with Crippen LogP contribution in [0.25, 0.3) is 0 Å². The standard InChI is InChI=1S/C16H20FN5O2S/c1-20(2)14-11-16(19-18-12-14)21-6-8-22(9-7-21)25(23,24)15-5-3-4-13(17)10-15/h3-5,10-12H,6-9H2,1-2H3. The highest BCUT2D eigenvalue weighted by molar-refractivity contribution is 7.89. The van der Waals surface area contributed by atoms with E-state index in [2.05, 4.69) is 10.2 Å². The number of piperazine rings is 1. The van der Waals surface area contributed by atoms with Crippen molar-refractivity contribution >= 4 is 21.5 Å². The molecule has 25 heavy (non-hydrogen) atoms. The van der Waals surface area contributed by atoms with Gasteiger partial charge in [-0.15, -0.1) is 5.10 Å². The van der Waals surface area contributed by atoms with Crippen molar-refractivity contribution in [3.8, 4) is 0 Å². The van der Waals surface area contributed by atoms with Crippen molar-refractivity contribution in [1.29, 1.82) is 0 Å². The van der Waals surface area contributed by atoms with E-state index in [9.17, 15) is 12.8 Å². The summed E-state index contributed by atoms with van der Waals surface area (Å²) in [7, 11) is 0.153. The molecule has 1 aromatic heterocycles. The first-order valence-electron chi connectivity index (χ1n) is 7.88. The van der Waals surface area contributed by atoms with Gasteiger partial charge in [-0.1, -0.05) is 6.07 Å². The first-order valence-corrected chi connectivity index (χ1v) is 9.32. The Hall–Kier alpha value is -2.26. The Morgan fingerprint density at radius 3 is 2.48 bits per heavy atom. The lowest BCUT2D eigenvalue weighted by molar-refractivity contribution is 0.383. The highest BCUT2D eigenvalue weighted by atomic mass is 32.2. The van der Waals surface area contributed by atoms with Crippen molar-refractivity contribution in [2.75, 3.05) is 50.1 Å². The van der Waals surface area contributed by atoms with Gasteiger partial charge in [0.1, 0.15) is 5.82 Å². The zero-order valence-electron chi connectivity index (χ0n) is 14.1. The lowest BCUT2D eigenvalue weighted by Crippen LogP contribution is -2.49. The lowest BCUT2D eigenvalue weighted by Gasteiger charge is -2.34. The Balaban J connectivity index is 1.72. The average Bonchev–Trinajstić information content (AvgIpc) is 2.62. The molecule has 134 valence electrons. The molecule has 1 fully saturated rings. The summed E-state index contributed by atoms with van der Waals surface area (Å²) < 4.78 is 40.0. The largest absolute Gasteiger partial charge is 0.376 e. The van der Waals surface area contributed by atoms with Gasteiger partial charge in [-0.05, 0) is 18.2 Å². The second-order valence-corrected chi connectivity index (χ2v) is 7.95. The smallest absolute Gasteiger partial charge is 0.243 e. The highest BCUT2D eigenvalue weighted by Gasteiger charge is 2.29. The minimum absolute atomic E-state index is 0.0182. The summed E-state index contributed by atoms with van der Waals surface area (Å²) >= 11 is 0. The van der Waals surface area contributed by atoms with Gasteiger partial charge in [0.05, 0.1) is 16.8 Å². The highest BCUT2D eigenvalue weighted by Crippen LogP contribution is 2.22. The first-order chi connectivity index (χ1) is 11.9. The molecule has 0 spiro atoms. The van der Waals surface area contributed by atoms with Crippen LogP contribution in [0.15, 0.2) is 41.4 Å². The van der Waals surface area contributed by atoms with Gasteiger partial charge in [0.2, 0.25) is 10.0 Å². The number of nitrogens with zero attached hydrogens (tertiary/aromatic N) is 5. The summed E-state index contributed by atoms with van der Waals surface area (Å²) in [6.45, 7) is 1.62. The van der Waals surface area contributed by atoms with Crippen molar-refractivity contribution < 1.29 is 12.8 Å². The number of hydrogen-bond donors (Lipinski definition) is 0. The van der Waals surface area contributed by atoms with Crippen molar-refractivity contribution in [3.05, 3.63) is 42.3 Å². The van der Waals surface area contributed by atoms with Crippen LogP contribution in [0.1, 0.15) is 0 Å². The van der Waals surface area contributed by atoms with E-state index in [1.807, 2.05) is 30.0 Å². The third kappa shape index (κ3) is 3.72. The molecule has 0 N–H and O–H groups in total. The Bertz CT molecular complexity index is 851. The number of anilines is 2. The van der Waals surface area contributed by atoms with Crippen LogP contribution in [0.5, 0.6) is 0 Å². The predicted octanol–water partition coefficient (Wildman–Crippen LogP) is 1.19. The fourth-order valence-corrected chi connectivity index (χ4v) is 4.13. The zero-order valence-corrected chi connectivity index (χ0v) is 14.9. The molecular weight excluding hydrogens is 345 g/mol. The fraction of sp³-hybridized carbons (Fsp3) is 0.375. The van der Waals surface area contributed by atoms with Crippen molar-refractivity contribution in [3.63, 3.8) is 0 Å². The molecule has 2 aromatic rings. The summed E-state index contributed by atoms with van der Waals surface area (Å²) in [6, 6.07) is 7.02. The quantitative estimate of drug-likeness (QED) is 0.811. The van der Waals surface area contributed by atoms with Gasteiger partial charge in [0.25, 0.3) is 0 Å². The molecule has 7 nitrogen and oxygen atoms in total. The number of rotatable bonds is 4. The van der Waals surface area contributed by atoms with E-state index in [4.69, 9.17) is 0 Å². The molecule has 0 saturated carbocycles. The zero-order chi connectivity index (χ0) is 18.0. The molecule has 0 atom stereocenters. The van der Waals surface area contributed by atoms with Crippen LogP contribution in [-0.2, 0) is 10.0 Å². The second-order valence-electron chi connectivity index (χ2n) is 6.01. The van der Waals surface area contributed by atoms with Crippen LogP contribution in [0, 0.1) is 5.82 Å². The number of sulfonamides is 1. The molecule has 2 heterocycles. The minimum Gasteiger partial charge on any atom is -0.376 e. The molecule has 0 unspecified atom stereocenters. The minimum atomic E-state index is -3.69. The molecule has 1 aliphatic heterocycles. The van der Waals surface area contributed by atoms with Crippen LogP contribution in [0.4, 0.5) is 15.9 Å². The van der Waals surface area contributed by atoms with Crippen molar-refractivity contribution in [2.45, 2.75) is 4.90 Å². The van der Waals surface area contributed by atoms with E-state index in [1.54, 1.807) is 6.20 Å². The van der Waals surface area contributed by atoms with Gasteiger partial charge in [-0.3, -0.25) is 0 Å². The molecular formula is C16H20FN5O2S. The molecule has 9 heteroatoms. The van der Waals surface area contributed by atoms with Gasteiger partial charge in [0, 0.05) is 46.3 Å². The summed E-state index contributed by atoms with van der Waals surface area (Å²) in [5, 5.41) is 8.13. The van der Waals surface area contributed by atoms with Crippen LogP contribution in [0.3, 0.4) is 0 Å². The lowest BCUT2D eigenvalue weighted by atomic mass is 10.3. The third-order valence-electron chi connectivity index (χ3n) is 4.14. The molecule has 0 bridgehead atoms. The van der Waals surface area contributed by atoms with Gasteiger partial charge in [0.15, 0.2) is 5.82 Å². The number of halogens is 1. The predicted molar refractivity (Wildman–Crippen MR) is 93.7 cm³/mol. The summed E-state index contributed by atoms with van der Waals surface area (Å²) in [4.78, 5) is 3.91. The molecule has 1 aliphatic rings. The Kier molecular flexibility index (Phi) is 4.87. The fourth-order valence-electron chi connectivity index (χ4n) is 2.68. The van der Waals surface area contributed by atoms with Crippen LogP contribution < -0.4 is 9.80 Å². The number of hydrogen-bond acceptors (Lipinski definition) is 6. The number of benzene rings is 1. The topological polar surface area (TPSA) is 69.6 Å². The van der Waals surface area contributed by atoms with Gasteiger partial charge in [-0.2, -0.15) is 9.40 Å². The van der Waals surface area contributed by atoms with Gasteiger partial charge < -0.3 is 9.80 Å². The molecule has 0 amide bonds. The number of aromatic nitrogens is 2. The van der Waals surface area contributed by atoms with Crippen LogP contribution in [0.2, 0.25) is 0 Å². The SMILES string of the molecule is CN(C)c1cnnc(N2CCN(S(=O)(=O)c3cccc(F)c3)CC2)c1. The van der Waals surface area contributed by atoms with E-state index in [0.717, 1.165) is 11.8 Å². The third-order valence-corrected chi connectivity index (χ3v) is 6.03. The maximum absolute atomic E-state index is 13.3.